The average molecular weight is 298 g/mol. The molecule has 6 heteroatoms. The molecule has 1 heterocycles. The maximum atomic E-state index is 12.0. The Labute approximate surface area is 125 Å². The lowest BCUT2D eigenvalue weighted by molar-refractivity contribution is -0.140. The van der Waals surface area contributed by atoms with Crippen molar-refractivity contribution in [3.05, 3.63) is 29.8 Å². The number of nitrogens with one attached hydrogen (secondary N) is 1. The highest BCUT2D eigenvalue weighted by molar-refractivity contribution is 5.85. The van der Waals surface area contributed by atoms with Gasteiger partial charge >= 0.3 is 5.97 Å². The number of hydrogen-bond acceptors (Lipinski definition) is 3. The SMILES string of the molecule is Cc1ccc(OC(=O)C2CCN(C(=N)N)CC2)cc1.Cl. The number of likely N-dealkylation sites (tertiary alicyclic amines) is 1. The Morgan fingerprint density at radius 3 is 2.35 bits per heavy atom. The van der Waals surface area contributed by atoms with E-state index in [9.17, 15) is 4.79 Å². The van der Waals surface area contributed by atoms with Crippen LogP contribution in [-0.4, -0.2) is 29.9 Å². The van der Waals surface area contributed by atoms with Crippen LogP contribution in [0, 0.1) is 18.3 Å². The summed E-state index contributed by atoms with van der Waals surface area (Å²) in [5, 5.41) is 7.35. The predicted octanol–water partition coefficient (Wildman–Crippen LogP) is 1.93. The van der Waals surface area contributed by atoms with Gasteiger partial charge in [-0.2, -0.15) is 0 Å². The van der Waals surface area contributed by atoms with Gasteiger partial charge in [-0.25, -0.2) is 0 Å². The van der Waals surface area contributed by atoms with Crippen molar-refractivity contribution in [2.45, 2.75) is 19.8 Å². The normalized spacial score (nSPS) is 15.3. The molecule has 0 amide bonds. The Kier molecular flexibility index (Phi) is 5.82. The van der Waals surface area contributed by atoms with Gasteiger partial charge < -0.3 is 15.4 Å². The molecule has 1 aliphatic rings. The number of halogens is 1. The molecule has 1 fully saturated rings. The van der Waals surface area contributed by atoms with E-state index in [-0.39, 0.29) is 30.3 Å². The number of piperidine rings is 1. The van der Waals surface area contributed by atoms with Crippen molar-refractivity contribution in [3.63, 3.8) is 0 Å². The molecular formula is C14H20ClN3O2. The van der Waals surface area contributed by atoms with Gasteiger partial charge in [-0.05, 0) is 31.9 Å². The zero-order valence-electron chi connectivity index (χ0n) is 11.5. The quantitative estimate of drug-likeness (QED) is 0.378. The van der Waals surface area contributed by atoms with Gasteiger partial charge in [0.25, 0.3) is 0 Å². The van der Waals surface area contributed by atoms with Crippen molar-refractivity contribution in [2.24, 2.45) is 11.7 Å². The van der Waals surface area contributed by atoms with Gasteiger partial charge in [-0.1, -0.05) is 17.7 Å². The molecule has 0 aromatic heterocycles. The smallest absolute Gasteiger partial charge is 0.314 e. The molecule has 0 unspecified atom stereocenters. The largest absolute Gasteiger partial charge is 0.426 e. The Morgan fingerprint density at radius 1 is 1.30 bits per heavy atom. The minimum Gasteiger partial charge on any atom is -0.426 e. The van der Waals surface area contributed by atoms with Gasteiger partial charge in [-0.3, -0.25) is 10.2 Å². The first-order valence-corrected chi connectivity index (χ1v) is 6.43. The van der Waals surface area contributed by atoms with Gasteiger partial charge in [0.2, 0.25) is 0 Å². The van der Waals surface area contributed by atoms with E-state index in [4.69, 9.17) is 15.9 Å². The topological polar surface area (TPSA) is 79.4 Å². The van der Waals surface area contributed by atoms with E-state index in [0.717, 1.165) is 5.56 Å². The Bertz CT molecular complexity index is 468. The Balaban J connectivity index is 0.00000200. The van der Waals surface area contributed by atoms with Crippen LogP contribution in [0.25, 0.3) is 0 Å². The molecule has 0 spiro atoms. The summed E-state index contributed by atoms with van der Waals surface area (Å²) in [5.41, 5.74) is 6.55. The van der Waals surface area contributed by atoms with Crippen molar-refractivity contribution in [1.82, 2.24) is 4.90 Å². The van der Waals surface area contributed by atoms with Gasteiger partial charge in [0.1, 0.15) is 5.75 Å². The number of ether oxygens (including phenoxy) is 1. The molecule has 3 N–H and O–H groups in total. The maximum Gasteiger partial charge on any atom is 0.314 e. The second-order valence-electron chi connectivity index (χ2n) is 4.88. The van der Waals surface area contributed by atoms with E-state index in [1.165, 1.54) is 0 Å². The summed E-state index contributed by atoms with van der Waals surface area (Å²) >= 11 is 0. The van der Waals surface area contributed by atoms with Gasteiger partial charge in [0.15, 0.2) is 5.96 Å². The van der Waals surface area contributed by atoms with E-state index < -0.39 is 0 Å². The number of rotatable bonds is 2. The number of esters is 1. The lowest BCUT2D eigenvalue weighted by Gasteiger charge is -2.30. The fraction of sp³-hybridized carbons (Fsp3) is 0.429. The first-order chi connectivity index (χ1) is 9.06. The molecule has 1 aromatic carbocycles. The highest BCUT2D eigenvalue weighted by atomic mass is 35.5. The number of nitrogens with zero attached hydrogens (tertiary/aromatic N) is 1. The number of nitrogens with two attached hydrogens (primary N) is 1. The first-order valence-electron chi connectivity index (χ1n) is 6.43. The third-order valence-electron chi connectivity index (χ3n) is 3.41. The van der Waals surface area contributed by atoms with E-state index >= 15 is 0 Å². The van der Waals surface area contributed by atoms with E-state index in [1.54, 1.807) is 17.0 Å². The van der Waals surface area contributed by atoms with Crippen LogP contribution in [0.1, 0.15) is 18.4 Å². The molecule has 0 saturated carbocycles. The second kappa shape index (κ2) is 7.14. The molecule has 0 radical (unpaired) electrons. The van der Waals surface area contributed by atoms with Crippen molar-refractivity contribution >= 4 is 24.3 Å². The average Bonchev–Trinajstić information content (AvgIpc) is 2.41. The van der Waals surface area contributed by atoms with Crippen LogP contribution in [0.15, 0.2) is 24.3 Å². The van der Waals surface area contributed by atoms with Crippen LogP contribution in [0.4, 0.5) is 0 Å². The molecule has 20 heavy (non-hydrogen) atoms. The molecule has 110 valence electrons. The van der Waals surface area contributed by atoms with Gasteiger partial charge in [0, 0.05) is 13.1 Å². The number of hydrogen-bond donors (Lipinski definition) is 2. The Hall–Kier alpha value is -1.75. The summed E-state index contributed by atoms with van der Waals surface area (Å²) < 4.78 is 5.36. The molecule has 1 aromatic rings. The molecular weight excluding hydrogens is 278 g/mol. The van der Waals surface area contributed by atoms with Crippen LogP contribution in [0.2, 0.25) is 0 Å². The number of carbonyl (C=O) groups excluding carboxylic acids is 1. The number of benzene rings is 1. The van der Waals surface area contributed by atoms with Gasteiger partial charge in [-0.15, -0.1) is 12.4 Å². The van der Waals surface area contributed by atoms with E-state index in [1.807, 2.05) is 19.1 Å². The fourth-order valence-electron chi connectivity index (χ4n) is 2.16. The zero-order valence-corrected chi connectivity index (χ0v) is 12.3. The van der Waals surface area contributed by atoms with Crippen LogP contribution < -0.4 is 10.5 Å². The summed E-state index contributed by atoms with van der Waals surface area (Å²) in [6, 6.07) is 7.44. The molecule has 0 aliphatic carbocycles. The lowest BCUT2D eigenvalue weighted by Crippen LogP contribution is -2.44. The van der Waals surface area contributed by atoms with Crippen LogP contribution in [0.5, 0.6) is 5.75 Å². The fourth-order valence-corrected chi connectivity index (χ4v) is 2.16. The van der Waals surface area contributed by atoms with Crippen molar-refractivity contribution in [2.75, 3.05) is 13.1 Å². The Morgan fingerprint density at radius 2 is 1.85 bits per heavy atom. The lowest BCUT2D eigenvalue weighted by atomic mass is 9.97. The number of aryl methyl sites for hydroxylation is 1. The molecule has 2 rings (SSSR count). The molecule has 1 aliphatic heterocycles. The summed E-state index contributed by atoms with van der Waals surface area (Å²) in [6.07, 6.45) is 1.37. The van der Waals surface area contributed by atoms with Crippen LogP contribution in [0.3, 0.4) is 0 Å². The highest BCUT2D eigenvalue weighted by Crippen LogP contribution is 2.20. The first kappa shape index (κ1) is 16.3. The molecule has 1 saturated heterocycles. The van der Waals surface area contributed by atoms with E-state index in [2.05, 4.69) is 0 Å². The summed E-state index contributed by atoms with van der Waals surface area (Å²) in [5.74, 6) is 0.374. The minimum atomic E-state index is -0.188. The van der Waals surface area contributed by atoms with Crippen molar-refractivity contribution in [1.29, 1.82) is 5.41 Å². The third kappa shape index (κ3) is 4.13. The molecule has 5 nitrogen and oxygen atoms in total. The highest BCUT2D eigenvalue weighted by Gasteiger charge is 2.26. The van der Waals surface area contributed by atoms with Crippen LogP contribution in [-0.2, 0) is 4.79 Å². The number of carbonyl (C=O) groups is 1. The zero-order chi connectivity index (χ0) is 13.8. The molecule has 0 atom stereocenters. The monoisotopic (exact) mass is 297 g/mol. The van der Waals surface area contributed by atoms with Crippen molar-refractivity contribution < 1.29 is 9.53 Å². The van der Waals surface area contributed by atoms with Crippen molar-refractivity contribution in [3.8, 4) is 5.75 Å². The second-order valence-corrected chi connectivity index (χ2v) is 4.88. The summed E-state index contributed by atoms with van der Waals surface area (Å²) in [7, 11) is 0. The summed E-state index contributed by atoms with van der Waals surface area (Å²) in [6.45, 7) is 3.27. The van der Waals surface area contributed by atoms with Gasteiger partial charge in [0.05, 0.1) is 5.92 Å². The standard InChI is InChI=1S/C14H19N3O2.ClH/c1-10-2-4-12(5-3-10)19-13(18)11-6-8-17(9-7-11)14(15)16;/h2-5,11H,6-9H2,1H3,(H3,15,16);1H. The van der Waals surface area contributed by atoms with E-state index in [0.29, 0.717) is 31.7 Å². The summed E-state index contributed by atoms with van der Waals surface area (Å²) in [4.78, 5) is 13.8. The minimum absolute atomic E-state index is 0. The predicted molar refractivity (Wildman–Crippen MR) is 80.3 cm³/mol. The number of guanidine groups is 1. The van der Waals surface area contributed by atoms with Crippen LogP contribution >= 0.6 is 12.4 Å². The maximum absolute atomic E-state index is 12.0. The molecule has 0 bridgehead atoms. The third-order valence-corrected chi connectivity index (χ3v) is 3.41.